The first-order valence-electron chi connectivity index (χ1n) is 8.18. The lowest BCUT2D eigenvalue weighted by atomic mass is 10.0. The van der Waals surface area contributed by atoms with Gasteiger partial charge < -0.3 is 14.6 Å². The maximum absolute atomic E-state index is 13.0. The minimum atomic E-state index is -0.522. The molecule has 1 aliphatic heterocycles. The lowest BCUT2D eigenvalue weighted by molar-refractivity contribution is -0.384. The Bertz CT molecular complexity index is 870. The number of benzene rings is 1. The monoisotopic (exact) mass is 345 g/mol. The van der Waals surface area contributed by atoms with Crippen LogP contribution in [0.15, 0.2) is 29.1 Å². The van der Waals surface area contributed by atoms with Crippen molar-refractivity contribution in [3.63, 3.8) is 0 Å². The van der Waals surface area contributed by atoms with Gasteiger partial charge in [0.15, 0.2) is 0 Å². The van der Waals surface area contributed by atoms with Crippen molar-refractivity contribution in [3.8, 4) is 0 Å². The second-order valence-electron chi connectivity index (χ2n) is 6.11. The van der Waals surface area contributed by atoms with Crippen LogP contribution in [0.25, 0.3) is 10.9 Å². The number of H-pyrrole nitrogens is 1. The number of nitro benzene ring substituents is 1. The fourth-order valence-corrected chi connectivity index (χ4v) is 3.10. The van der Waals surface area contributed by atoms with Crippen molar-refractivity contribution in [2.24, 2.45) is 5.92 Å². The first-order chi connectivity index (χ1) is 12.0. The topological polar surface area (TPSA) is 106 Å². The molecule has 0 unspecified atom stereocenters. The summed E-state index contributed by atoms with van der Waals surface area (Å²) in [6, 6.07) is 5.29. The molecule has 8 nitrogen and oxygen atoms in total. The first kappa shape index (κ1) is 17.1. The predicted molar refractivity (Wildman–Crippen MR) is 91.7 cm³/mol. The van der Waals surface area contributed by atoms with Gasteiger partial charge in [0.05, 0.1) is 17.1 Å². The van der Waals surface area contributed by atoms with Crippen LogP contribution >= 0.6 is 0 Å². The molecule has 0 saturated carbocycles. The summed E-state index contributed by atoms with van der Waals surface area (Å²) >= 11 is 0. The van der Waals surface area contributed by atoms with Gasteiger partial charge in [-0.3, -0.25) is 19.7 Å². The number of nitrogens with zero attached hydrogens (tertiary/aromatic N) is 2. The largest absolute Gasteiger partial charge is 0.381 e. The number of carbonyl (C=O) groups excluding carboxylic acids is 1. The minimum absolute atomic E-state index is 0.124. The Balaban J connectivity index is 2.02. The normalized spacial score (nSPS) is 16.9. The molecule has 25 heavy (non-hydrogen) atoms. The van der Waals surface area contributed by atoms with E-state index < -0.39 is 10.5 Å². The zero-order valence-corrected chi connectivity index (χ0v) is 13.9. The van der Waals surface area contributed by atoms with Crippen molar-refractivity contribution in [1.82, 2.24) is 9.88 Å². The quantitative estimate of drug-likeness (QED) is 0.658. The Morgan fingerprint density at radius 1 is 1.44 bits per heavy atom. The standard InChI is InChI=1S/C17H19N3O5/c1-2-19(9-11-5-6-25-10-11)17(22)14-8-16(21)18-15-4-3-12(20(23)24)7-13(14)15/h3-4,7-8,11H,2,5-6,9-10H2,1H3,(H,18,21)/t11-/m1/s1. The third kappa shape index (κ3) is 3.53. The summed E-state index contributed by atoms with van der Waals surface area (Å²) in [6.45, 7) is 4.20. The average molecular weight is 345 g/mol. The highest BCUT2D eigenvalue weighted by molar-refractivity contribution is 6.06. The van der Waals surface area contributed by atoms with Gasteiger partial charge in [0.2, 0.25) is 5.56 Å². The summed E-state index contributed by atoms with van der Waals surface area (Å²) in [4.78, 5) is 39.7. The van der Waals surface area contributed by atoms with Crippen molar-refractivity contribution in [2.45, 2.75) is 13.3 Å². The number of hydrogen-bond acceptors (Lipinski definition) is 5. The van der Waals surface area contributed by atoms with E-state index in [1.54, 1.807) is 4.90 Å². The molecule has 1 aromatic carbocycles. The van der Waals surface area contributed by atoms with E-state index in [-0.39, 0.29) is 23.1 Å². The summed E-state index contributed by atoms with van der Waals surface area (Å²) < 4.78 is 5.35. The number of aromatic amines is 1. The van der Waals surface area contributed by atoms with Crippen molar-refractivity contribution in [1.29, 1.82) is 0 Å². The smallest absolute Gasteiger partial charge is 0.270 e. The van der Waals surface area contributed by atoms with E-state index in [4.69, 9.17) is 4.74 Å². The van der Waals surface area contributed by atoms with E-state index in [9.17, 15) is 19.7 Å². The molecule has 1 atom stereocenters. The lowest BCUT2D eigenvalue weighted by Gasteiger charge is -2.24. The Kier molecular flexibility index (Phi) is 4.80. The molecule has 1 amide bonds. The summed E-state index contributed by atoms with van der Waals surface area (Å²) in [5.41, 5.74) is 0.0516. The molecular weight excluding hydrogens is 326 g/mol. The summed E-state index contributed by atoms with van der Waals surface area (Å²) in [6.07, 6.45) is 0.894. The van der Waals surface area contributed by atoms with Crippen LogP contribution in [0.1, 0.15) is 23.7 Å². The number of fused-ring (bicyclic) bond motifs is 1. The van der Waals surface area contributed by atoms with Crippen molar-refractivity contribution in [2.75, 3.05) is 26.3 Å². The molecule has 3 rings (SSSR count). The third-order valence-electron chi connectivity index (χ3n) is 4.44. The Labute approximate surface area is 143 Å². The van der Waals surface area contributed by atoms with Gasteiger partial charge in [-0.1, -0.05) is 0 Å². The molecule has 132 valence electrons. The van der Waals surface area contributed by atoms with Gasteiger partial charge in [0, 0.05) is 54.7 Å². The fraction of sp³-hybridized carbons (Fsp3) is 0.412. The van der Waals surface area contributed by atoms with Gasteiger partial charge >= 0.3 is 0 Å². The van der Waals surface area contributed by atoms with Crippen molar-refractivity contribution < 1.29 is 14.5 Å². The first-order valence-corrected chi connectivity index (χ1v) is 8.18. The van der Waals surface area contributed by atoms with Gasteiger partial charge in [0.25, 0.3) is 11.6 Å². The summed E-state index contributed by atoms with van der Waals surface area (Å²) in [5, 5.41) is 11.4. The number of rotatable bonds is 5. The van der Waals surface area contributed by atoms with E-state index in [1.807, 2.05) is 6.92 Å². The number of nitro groups is 1. The van der Waals surface area contributed by atoms with Crippen LogP contribution in [-0.2, 0) is 4.74 Å². The highest BCUT2D eigenvalue weighted by Crippen LogP contribution is 2.23. The van der Waals surface area contributed by atoms with E-state index in [0.717, 1.165) is 6.42 Å². The zero-order valence-electron chi connectivity index (χ0n) is 13.9. The number of amides is 1. The van der Waals surface area contributed by atoms with Crippen LogP contribution in [0.5, 0.6) is 0 Å². The number of pyridine rings is 1. The predicted octanol–water partition coefficient (Wildman–Crippen LogP) is 1.93. The van der Waals surface area contributed by atoms with Crippen LogP contribution in [0.3, 0.4) is 0 Å². The molecule has 1 N–H and O–H groups in total. The second kappa shape index (κ2) is 7.02. The molecule has 0 aliphatic carbocycles. The molecule has 1 fully saturated rings. The van der Waals surface area contributed by atoms with Crippen LogP contribution in [0.2, 0.25) is 0 Å². The Morgan fingerprint density at radius 3 is 2.88 bits per heavy atom. The molecule has 0 spiro atoms. The van der Waals surface area contributed by atoms with E-state index in [1.165, 1.54) is 24.3 Å². The maximum atomic E-state index is 13.0. The van der Waals surface area contributed by atoms with Gasteiger partial charge in [-0.25, -0.2) is 0 Å². The molecule has 1 saturated heterocycles. The van der Waals surface area contributed by atoms with Crippen LogP contribution in [-0.4, -0.2) is 47.0 Å². The molecule has 1 aromatic heterocycles. The zero-order chi connectivity index (χ0) is 18.0. The Morgan fingerprint density at radius 2 is 2.24 bits per heavy atom. The molecule has 0 radical (unpaired) electrons. The maximum Gasteiger partial charge on any atom is 0.270 e. The van der Waals surface area contributed by atoms with Gasteiger partial charge in [-0.05, 0) is 19.4 Å². The number of aromatic nitrogens is 1. The highest BCUT2D eigenvalue weighted by Gasteiger charge is 2.24. The molecule has 0 bridgehead atoms. The summed E-state index contributed by atoms with van der Waals surface area (Å²) in [5.74, 6) is -0.0301. The molecule has 8 heteroatoms. The number of nitrogens with one attached hydrogen (secondary N) is 1. The number of carbonyl (C=O) groups is 1. The number of non-ortho nitro benzene ring substituents is 1. The van der Waals surface area contributed by atoms with Crippen molar-refractivity contribution in [3.05, 3.63) is 50.3 Å². The second-order valence-corrected chi connectivity index (χ2v) is 6.11. The van der Waals surface area contributed by atoms with E-state index in [0.29, 0.717) is 37.2 Å². The van der Waals surface area contributed by atoms with Gasteiger partial charge in [-0.2, -0.15) is 0 Å². The molecular formula is C17H19N3O5. The molecule has 1 aliphatic rings. The van der Waals surface area contributed by atoms with E-state index >= 15 is 0 Å². The van der Waals surface area contributed by atoms with Crippen LogP contribution < -0.4 is 5.56 Å². The van der Waals surface area contributed by atoms with E-state index in [2.05, 4.69) is 4.98 Å². The molecule has 2 aromatic rings. The SMILES string of the molecule is CCN(C[C@H]1CCOC1)C(=O)c1cc(=O)[nH]c2ccc([N+](=O)[O-])cc12. The fourth-order valence-electron chi connectivity index (χ4n) is 3.10. The van der Waals surface area contributed by atoms with Crippen LogP contribution in [0, 0.1) is 16.0 Å². The van der Waals surface area contributed by atoms with Gasteiger partial charge in [0.1, 0.15) is 0 Å². The van der Waals surface area contributed by atoms with Gasteiger partial charge in [-0.15, -0.1) is 0 Å². The number of hydrogen-bond donors (Lipinski definition) is 1. The average Bonchev–Trinajstić information content (AvgIpc) is 3.11. The van der Waals surface area contributed by atoms with Crippen molar-refractivity contribution >= 4 is 22.5 Å². The Hall–Kier alpha value is -2.74. The lowest BCUT2D eigenvalue weighted by Crippen LogP contribution is -2.36. The summed E-state index contributed by atoms with van der Waals surface area (Å²) in [7, 11) is 0. The minimum Gasteiger partial charge on any atom is -0.381 e. The highest BCUT2D eigenvalue weighted by atomic mass is 16.6. The molecule has 2 heterocycles. The third-order valence-corrected chi connectivity index (χ3v) is 4.44. The van der Waals surface area contributed by atoms with Crippen LogP contribution in [0.4, 0.5) is 5.69 Å². The number of ether oxygens (including phenoxy) is 1.